The van der Waals surface area contributed by atoms with Crippen LogP contribution in [0.5, 0.6) is 0 Å². The second-order valence-electron chi connectivity index (χ2n) is 1.72. The van der Waals surface area contributed by atoms with Gasteiger partial charge in [0.25, 0.3) is 0 Å². The summed E-state index contributed by atoms with van der Waals surface area (Å²) in [5.41, 5.74) is 0. The quantitative estimate of drug-likeness (QED) is 0.526. The molecule has 0 atom stereocenters. The molecule has 1 aromatic rings. The molecule has 10 heavy (non-hydrogen) atoms. The van der Waals surface area contributed by atoms with Crippen molar-refractivity contribution in [1.82, 2.24) is 0 Å². The van der Waals surface area contributed by atoms with E-state index in [4.69, 9.17) is 23.2 Å². The summed E-state index contributed by atoms with van der Waals surface area (Å²) in [6, 6.07) is 3.41. The lowest BCUT2D eigenvalue weighted by atomic mass is 10.4. The number of hydrogen-bond acceptors (Lipinski definition) is 1. The highest BCUT2D eigenvalue weighted by Gasteiger charge is 2.00. The zero-order valence-corrected chi connectivity index (χ0v) is 8.73. The Morgan fingerprint density at radius 2 is 1.80 bits per heavy atom. The lowest BCUT2D eigenvalue weighted by molar-refractivity contribution is 1.45. The van der Waals surface area contributed by atoms with Gasteiger partial charge in [-0.3, -0.25) is 0 Å². The minimum absolute atomic E-state index is 0.597. The van der Waals surface area contributed by atoms with Crippen LogP contribution in [0.1, 0.15) is 0 Å². The molecule has 0 saturated heterocycles. The first-order valence-corrected chi connectivity index (χ1v) is 4.44. The average molecular weight is 258 g/mol. The molecule has 0 spiro atoms. The Balaban J connectivity index is 3.28. The third-order valence-corrected chi connectivity index (χ3v) is 3.00. The molecule has 0 nitrogen and oxygen atoms in total. The smallest absolute Gasteiger partial charge is 0.0560 e. The molecule has 0 N–H and O–H groups in total. The van der Waals surface area contributed by atoms with E-state index in [9.17, 15) is 0 Å². The Morgan fingerprint density at radius 3 is 2.30 bits per heavy atom. The molecule has 4 heteroatoms. The lowest BCUT2D eigenvalue weighted by Crippen LogP contribution is -1.72. The van der Waals surface area contributed by atoms with E-state index in [2.05, 4.69) is 28.6 Å². The maximum atomic E-state index is 5.73. The summed E-state index contributed by atoms with van der Waals surface area (Å²) in [5.74, 6) is 0. The first-order valence-electron chi connectivity index (χ1n) is 2.45. The van der Waals surface area contributed by atoms with Gasteiger partial charge in [-0.05, 0) is 28.1 Å². The number of halogens is 3. The summed E-state index contributed by atoms with van der Waals surface area (Å²) >= 11 is 18.8. The van der Waals surface area contributed by atoms with Gasteiger partial charge in [-0.25, -0.2) is 0 Å². The molecule has 0 heterocycles. The molecule has 0 bridgehead atoms. The summed E-state index contributed by atoms with van der Waals surface area (Å²) in [4.78, 5) is 0.690. The molecule has 0 unspecified atom stereocenters. The van der Waals surface area contributed by atoms with Gasteiger partial charge < -0.3 is 0 Å². The van der Waals surface area contributed by atoms with Crippen LogP contribution < -0.4 is 0 Å². The summed E-state index contributed by atoms with van der Waals surface area (Å²) in [6.07, 6.45) is 0. The molecule has 1 rings (SSSR count). The fourth-order valence-electron chi connectivity index (χ4n) is 0.512. The molecule has 0 aliphatic rings. The second kappa shape index (κ2) is 3.35. The monoisotopic (exact) mass is 256 g/mol. The SMILES string of the molecule is Sc1cc(Cl)c(Br)cc1Cl. The third-order valence-electron chi connectivity index (χ3n) is 0.990. The van der Waals surface area contributed by atoms with E-state index in [1.54, 1.807) is 12.1 Å². The number of benzene rings is 1. The van der Waals surface area contributed by atoms with Gasteiger partial charge in [0.1, 0.15) is 0 Å². The minimum Gasteiger partial charge on any atom is -0.142 e. The van der Waals surface area contributed by atoms with Crippen molar-refractivity contribution in [2.45, 2.75) is 4.90 Å². The molecule has 0 saturated carbocycles. The normalized spacial score (nSPS) is 10.0. The van der Waals surface area contributed by atoms with Crippen molar-refractivity contribution in [3.05, 3.63) is 26.7 Å². The molecule has 0 aliphatic heterocycles. The average Bonchev–Trinajstić information content (AvgIpc) is 1.84. The zero-order chi connectivity index (χ0) is 7.72. The fraction of sp³-hybridized carbons (Fsp3) is 0. The van der Waals surface area contributed by atoms with E-state index >= 15 is 0 Å². The molecule has 0 amide bonds. The van der Waals surface area contributed by atoms with E-state index in [0.717, 1.165) is 4.47 Å². The Kier molecular flexibility index (Phi) is 2.92. The number of thiol groups is 1. The van der Waals surface area contributed by atoms with Gasteiger partial charge in [0.15, 0.2) is 0 Å². The van der Waals surface area contributed by atoms with Crippen molar-refractivity contribution in [2.75, 3.05) is 0 Å². The maximum Gasteiger partial charge on any atom is 0.0560 e. The van der Waals surface area contributed by atoms with Crippen molar-refractivity contribution in [3.63, 3.8) is 0 Å². The predicted octanol–water partition coefficient (Wildman–Crippen LogP) is 4.04. The van der Waals surface area contributed by atoms with Crippen LogP contribution in [0, 0.1) is 0 Å². The van der Waals surface area contributed by atoms with E-state index in [-0.39, 0.29) is 0 Å². The topological polar surface area (TPSA) is 0 Å². The van der Waals surface area contributed by atoms with Gasteiger partial charge in [-0.15, -0.1) is 12.6 Å². The van der Waals surface area contributed by atoms with Gasteiger partial charge in [0.05, 0.1) is 10.0 Å². The van der Waals surface area contributed by atoms with Gasteiger partial charge in [-0.1, -0.05) is 23.2 Å². The Bertz CT molecular complexity index is 212. The van der Waals surface area contributed by atoms with Crippen LogP contribution in [-0.4, -0.2) is 0 Å². The van der Waals surface area contributed by atoms with Crippen LogP contribution in [0.3, 0.4) is 0 Å². The van der Waals surface area contributed by atoms with Crippen molar-refractivity contribution in [1.29, 1.82) is 0 Å². The molecule has 1 aromatic carbocycles. The van der Waals surface area contributed by atoms with Crippen molar-refractivity contribution in [3.8, 4) is 0 Å². The standard InChI is InChI=1S/C6H3BrCl2S/c7-3-1-5(9)6(10)2-4(3)8/h1-2,10H. The van der Waals surface area contributed by atoms with E-state index in [1.807, 2.05) is 0 Å². The summed E-state index contributed by atoms with van der Waals surface area (Å²) in [6.45, 7) is 0. The predicted molar refractivity (Wildman–Crippen MR) is 51.4 cm³/mol. The number of hydrogen-bond donors (Lipinski definition) is 1. The molecule has 0 aliphatic carbocycles. The van der Waals surface area contributed by atoms with Crippen molar-refractivity contribution < 1.29 is 0 Å². The molecular weight excluding hydrogens is 255 g/mol. The lowest BCUT2D eigenvalue weighted by Gasteiger charge is -1.98. The third kappa shape index (κ3) is 1.82. The maximum absolute atomic E-state index is 5.73. The highest BCUT2D eigenvalue weighted by Crippen LogP contribution is 2.30. The van der Waals surface area contributed by atoms with Crippen molar-refractivity contribution in [2.24, 2.45) is 0 Å². The molecular formula is C6H3BrCl2S. The van der Waals surface area contributed by atoms with Crippen LogP contribution in [0.15, 0.2) is 21.5 Å². The Morgan fingerprint density at radius 1 is 1.20 bits per heavy atom. The van der Waals surface area contributed by atoms with Gasteiger partial charge >= 0.3 is 0 Å². The summed E-state index contributed by atoms with van der Waals surface area (Å²) < 4.78 is 0.789. The number of rotatable bonds is 0. The van der Waals surface area contributed by atoms with Gasteiger partial charge in [0, 0.05) is 9.37 Å². The first kappa shape index (κ1) is 8.72. The van der Waals surface area contributed by atoms with Crippen LogP contribution in [0.25, 0.3) is 0 Å². The first-order chi connectivity index (χ1) is 4.61. The van der Waals surface area contributed by atoms with Crippen LogP contribution in [0.4, 0.5) is 0 Å². The van der Waals surface area contributed by atoms with E-state index in [0.29, 0.717) is 14.9 Å². The van der Waals surface area contributed by atoms with Gasteiger partial charge in [0.2, 0.25) is 0 Å². The highest BCUT2D eigenvalue weighted by atomic mass is 79.9. The van der Waals surface area contributed by atoms with Crippen LogP contribution >= 0.6 is 51.8 Å². The van der Waals surface area contributed by atoms with Crippen LogP contribution in [-0.2, 0) is 0 Å². The molecule has 0 aromatic heterocycles. The Hall–Kier alpha value is 0.630. The zero-order valence-electron chi connectivity index (χ0n) is 4.74. The fourth-order valence-corrected chi connectivity index (χ4v) is 1.58. The molecule has 54 valence electrons. The molecule has 0 fully saturated rings. The summed E-state index contributed by atoms with van der Waals surface area (Å²) in [5, 5.41) is 1.22. The van der Waals surface area contributed by atoms with E-state index < -0.39 is 0 Å². The highest BCUT2D eigenvalue weighted by molar-refractivity contribution is 9.10. The van der Waals surface area contributed by atoms with Gasteiger partial charge in [-0.2, -0.15) is 0 Å². The summed E-state index contributed by atoms with van der Waals surface area (Å²) in [7, 11) is 0. The second-order valence-corrected chi connectivity index (χ2v) is 3.87. The van der Waals surface area contributed by atoms with Crippen LogP contribution in [0.2, 0.25) is 10.0 Å². The minimum atomic E-state index is 0.597. The van der Waals surface area contributed by atoms with Crippen molar-refractivity contribution >= 4 is 51.8 Å². The molecule has 0 radical (unpaired) electrons. The largest absolute Gasteiger partial charge is 0.142 e. The Labute approximate surface area is 83.1 Å². The van der Waals surface area contributed by atoms with E-state index in [1.165, 1.54) is 0 Å².